The molecule has 4 atom stereocenters. The molecule has 2 N–H and O–H groups in total. The van der Waals surface area contributed by atoms with Gasteiger partial charge in [0.2, 0.25) is 11.1 Å². The Bertz CT molecular complexity index is 1980. The van der Waals surface area contributed by atoms with E-state index in [2.05, 4.69) is 20.8 Å². The van der Waals surface area contributed by atoms with Crippen LogP contribution in [0.4, 0.5) is 4.79 Å². The molecule has 3 amide bonds. The average Bonchev–Trinajstić information content (AvgIpc) is 3.77. The number of alkyl carbamates (subject to hydrolysis) is 1. The summed E-state index contributed by atoms with van der Waals surface area (Å²) in [6.45, 7) is 0.0557. The summed E-state index contributed by atoms with van der Waals surface area (Å²) in [5, 5.41) is 25.0. The Morgan fingerprint density at radius 2 is 1.56 bits per heavy atom. The van der Waals surface area contributed by atoms with Crippen LogP contribution in [-0.4, -0.2) is 66.0 Å². The van der Waals surface area contributed by atoms with Crippen molar-refractivity contribution in [3.63, 3.8) is 0 Å². The Kier molecular flexibility index (Phi) is 11.0. The first-order chi connectivity index (χ1) is 25.4. The van der Waals surface area contributed by atoms with Gasteiger partial charge in [0.25, 0.3) is 5.91 Å². The summed E-state index contributed by atoms with van der Waals surface area (Å²) in [6, 6.07) is 32.9. The molecule has 2 aliphatic rings. The van der Waals surface area contributed by atoms with E-state index >= 15 is 0 Å². The summed E-state index contributed by atoms with van der Waals surface area (Å²) < 4.78 is 19.9. The number of benzene rings is 4. The molecule has 52 heavy (non-hydrogen) atoms. The van der Waals surface area contributed by atoms with Gasteiger partial charge in [-0.25, -0.2) is 4.79 Å². The molecule has 0 bridgehead atoms. The third-order valence-corrected chi connectivity index (χ3v) is 9.85. The van der Waals surface area contributed by atoms with E-state index in [1.165, 1.54) is 11.8 Å². The van der Waals surface area contributed by atoms with Gasteiger partial charge in [-0.15, -0.1) is 5.10 Å². The maximum Gasteiger partial charge on any atom is 0.408 e. The highest BCUT2D eigenvalue weighted by Gasteiger charge is 2.40. The van der Waals surface area contributed by atoms with Crippen molar-refractivity contribution in [1.29, 1.82) is 0 Å². The zero-order valence-corrected chi connectivity index (χ0v) is 28.8. The minimum Gasteiger partial charge on any atom is -0.445 e. The summed E-state index contributed by atoms with van der Waals surface area (Å²) in [6.07, 6.45) is -1.53. The first kappa shape index (κ1) is 35.0. The summed E-state index contributed by atoms with van der Waals surface area (Å²) in [4.78, 5) is 39.4. The monoisotopic (exact) mass is 720 g/mol. The lowest BCUT2D eigenvalue weighted by Crippen LogP contribution is -2.41. The van der Waals surface area contributed by atoms with Crippen molar-refractivity contribution < 1.29 is 33.7 Å². The van der Waals surface area contributed by atoms with Gasteiger partial charge in [-0.05, 0) is 44.8 Å². The Morgan fingerprint density at radius 1 is 0.865 bits per heavy atom. The van der Waals surface area contributed by atoms with Crippen molar-refractivity contribution in [3.8, 4) is 5.69 Å². The largest absolute Gasteiger partial charge is 0.445 e. The Morgan fingerprint density at radius 3 is 2.29 bits per heavy atom. The lowest BCUT2D eigenvalue weighted by Gasteiger charge is -2.36. The number of aromatic nitrogens is 4. The van der Waals surface area contributed by atoms with E-state index in [1.54, 1.807) is 4.68 Å². The lowest BCUT2D eigenvalue weighted by atomic mass is 10.0. The molecule has 14 heteroatoms. The molecule has 4 aromatic carbocycles. The van der Waals surface area contributed by atoms with Crippen LogP contribution in [0.5, 0.6) is 0 Å². The van der Waals surface area contributed by atoms with Crippen LogP contribution in [0.2, 0.25) is 0 Å². The number of nitrogens with one attached hydrogen (secondary N) is 1. The molecule has 5 aromatic rings. The van der Waals surface area contributed by atoms with Gasteiger partial charge in [-0.3, -0.25) is 14.5 Å². The van der Waals surface area contributed by atoms with E-state index in [0.29, 0.717) is 17.3 Å². The van der Waals surface area contributed by atoms with Gasteiger partial charge in [-0.1, -0.05) is 109 Å². The number of tetrazole rings is 1. The second-order valence-corrected chi connectivity index (χ2v) is 13.4. The average molecular weight is 721 g/mol. The zero-order valence-electron chi connectivity index (χ0n) is 28.0. The second-order valence-electron chi connectivity index (χ2n) is 12.4. The molecule has 2 fully saturated rings. The number of imide groups is 1. The Balaban J connectivity index is 1.00. The highest BCUT2D eigenvalue weighted by atomic mass is 32.2. The Hall–Kier alpha value is -5.41. The van der Waals surface area contributed by atoms with Crippen molar-refractivity contribution in [2.75, 3.05) is 5.75 Å². The van der Waals surface area contributed by atoms with Crippen molar-refractivity contribution in [2.45, 2.75) is 62.3 Å². The van der Waals surface area contributed by atoms with Gasteiger partial charge >= 0.3 is 6.09 Å². The minimum atomic E-state index is -0.991. The fourth-order valence-corrected chi connectivity index (χ4v) is 6.93. The molecule has 0 spiro atoms. The summed E-state index contributed by atoms with van der Waals surface area (Å²) >= 11 is 1.49. The van der Waals surface area contributed by atoms with Crippen LogP contribution < -0.4 is 5.32 Å². The van der Waals surface area contributed by atoms with Crippen LogP contribution in [0.15, 0.2) is 114 Å². The van der Waals surface area contributed by atoms with E-state index in [9.17, 15) is 19.5 Å². The van der Waals surface area contributed by atoms with Crippen molar-refractivity contribution in [2.24, 2.45) is 0 Å². The SMILES string of the molecule is O=C(NC1CC(=O)N(Cc2ccc(C3OC(CSc4nnnn4-c4ccccc4)CC(c4ccc(CO)cc4)O3)cc2)C1=O)OCc1ccccc1. The molecule has 0 aliphatic carbocycles. The van der Waals surface area contributed by atoms with Gasteiger partial charge in [-0.2, -0.15) is 4.68 Å². The Labute approximate surface area is 303 Å². The third kappa shape index (κ3) is 8.37. The number of amides is 3. The number of carbonyl (C=O) groups is 3. The minimum absolute atomic E-state index is 0.0492. The topological polar surface area (TPSA) is 158 Å². The standard InChI is InChI=1S/C38H36N6O7S/c45-22-26-13-15-28(16-14-26)33-19-31(24-52-37-40-41-42-44(37)30-9-5-2-6-10-30)50-36(51-33)29-17-11-25(12-18-29)21-43-34(46)20-32(35(43)47)39-38(48)49-23-27-7-3-1-4-8-27/h1-18,31-33,36,45H,19-24H2,(H,39,48). The van der Waals surface area contributed by atoms with Crippen LogP contribution in [0.1, 0.15) is 53.1 Å². The first-order valence-electron chi connectivity index (χ1n) is 16.8. The molecular weight excluding hydrogens is 685 g/mol. The predicted molar refractivity (Wildman–Crippen MR) is 188 cm³/mol. The molecule has 4 unspecified atom stereocenters. The number of nitrogens with zero attached hydrogens (tertiary/aromatic N) is 5. The lowest BCUT2D eigenvalue weighted by molar-refractivity contribution is -0.245. The molecular formula is C38H36N6O7S. The summed E-state index contributed by atoms with van der Waals surface area (Å²) in [7, 11) is 0. The summed E-state index contributed by atoms with van der Waals surface area (Å²) in [5.74, 6) is -0.307. The number of para-hydroxylation sites is 1. The molecule has 0 saturated carbocycles. The van der Waals surface area contributed by atoms with Crippen molar-refractivity contribution in [3.05, 3.63) is 137 Å². The number of ether oxygens (including phenoxy) is 3. The van der Waals surface area contributed by atoms with Crippen molar-refractivity contribution in [1.82, 2.24) is 30.4 Å². The quantitative estimate of drug-likeness (QED) is 0.131. The van der Waals surface area contributed by atoms with Gasteiger partial charge in [0.1, 0.15) is 12.6 Å². The normalized spacial score (nSPS) is 20.2. The first-order valence-corrected chi connectivity index (χ1v) is 17.8. The smallest absolute Gasteiger partial charge is 0.408 e. The fraction of sp³-hybridized carbons (Fsp3) is 0.263. The molecule has 266 valence electrons. The van der Waals surface area contributed by atoms with E-state index in [1.807, 2.05) is 109 Å². The van der Waals surface area contributed by atoms with Crippen molar-refractivity contribution >= 4 is 29.7 Å². The number of likely N-dealkylation sites (tertiary alicyclic amines) is 1. The van der Waals surface area contributed by atoms with Gasteiger partial charge in [0.15, 0.2) is 6.29 Å². The van der Waals surface area contributed by atoms with Gasteiger partial charge in [0.05, 0.1) is 37.5 Å². The zero-order chi connectivity index (χ0) is 35.9. The fourth-order valence-electron chi connectivity index (χ4n) is 6.02. The van der Waals surface area contributed by atoms with Crippen LogP contribution in [0.3, 0.4) is 0 Å². The molecule has 3 heterocycles. The van der Waals surface area contributed by atoms with Gasteiger partial charge < -0.3 is 24.6 Å². The number of hydrogen-bond acceptors (Lipinski definition) is 11. The maximum absolute atomic E-state index is 13.1. The highest BCUT2D eigenvalue weighted by Crippen LogP contribution is 2.39. The van der Waals surface area contributed by atoms with E-state index < -0.39 is 24.3 Å². The van der Waals surface area contributed by atoms with Crippen LogP contribution in [-0.2, 0) is 43.6 Å². The van der Waals surface area contributed by atoms with Gasteiger partial charge in [0, 0.05) is 17.7 Å². The molecule has 2 saturated heterocycles. The summed E-state index contributed by atoms with van der Waals surface area (Å²) in [5.41, 5.74) is 4.93. The molecule has 13 nitrogen and oxygen atoms in total. The van der Waals surface area contributed by atoms with Crippen LogP contribution >= 0.6 is 11.8 Å². The molecule has 0 radical (unpaired) electrons. The van der Waals surface area contributed by atoms with E-state index in [4.69, 9.17) is 14.2 Å². The number of hydrogen-bond donors (Lipinski definition) is 2. The molecule has 2 aliphatic heterocycles. The number of rotatable bonds is 12. The molecule has 7 rings (SSSR count). The van der Waals surface area contributed by atoms with E-state index in [0.717, 1.165) is 38.4 Å². The molecule has 1 aromatic heterocycles. The van der Waals surface area contributed by atoms with Crippen LogP contribution in [0.25, 0.3) is 5.69 Å². The van der Waals surface area contributed by atoms with Crippen LogP contribution in [0, 0.1) is 0 Å². The second kappa shape index (κ2) is 16.3. The predicted octanol–water partition coefficient (Wildman–Crippen LogP) is 5.05. The number of carbonyl (C=O) groups excluding carboxylic acids is 3. The third-order valence-electron chi connectivity index (χ3n) is 8.80. The number of thioether (sulfide) groups is 1. The number of aliphatic hydroxyl groups is 1. The van der Waals surface area contributed by atoms with E-state index in [-0.39, 0.29) is 44.3 Å². The maximum atomic E-state index is 13.1. The highest BCUT2D eigenvalue weighted by molar-refractivity contribution is 7.99. The number of aliphatic hydroxyl groups excluding tert-OH is 1.